The Morgan fingerprint density at radius 2 is 2.46 bits per heavy atom. The van der Waals surface area contributed by atoms with Crippen LogP contribution >= 0.6 is 0 Å². The molecule has 1 aliphatic rings. The monoisotopic (exact) mass is 181 g/mol. The molecule has 0 amide bonds. The number of hydrogen-bond donors (Lipinski definition) is 2. The highest BCUT2D eigenvalue weighted by Crippen LogP contribution is 2.32. The third kappa shape index (κ3) is 1.33. The average molecular weight is 181 g/mol. The van der Waals surface area contributed by atoms with Crippen molar-refractivity contribution in [2.24, 2.45) is 11.7 Å². The van der Waals surface area contributed by atoms with Gasteiger partial charge < -0.3 is 15.3 Å². The molecule has 0 saturated carbocycles. The van der Waals surface area contributed by atoms with Crippen molar-refractivity contribution >= 4 is 5.97 Å². The molecule has 1 heterocycles. The minimum absolute atomic E-state index is 0.191. The van der Waals surface area contributed by atoms with Gasteiger partial charge in [-0.3, -0.25) is 4.79 Å². The third-order valence-electron chi connectivity index (χ3n) is 2.50. The molecule has 13 heavy (non-hydrogen) atoms. The summed E-state index contributed by atoms with van der Waals surface area (Å²) in [7, 11) is 0. The van der Waals surface area contributed by atoms with Gasteiger partial charge in [-0.25, -0.2) is 0 Å². The molecule has 0 spiro atoms. The SMILES string of the molecule is NC1CC(C(=O)O)Cc2occc21. The molecule has 0 aliphatic heterocycles. The van der Waals surface area contributed by atoms with Gasteiger partial charge in [-0.2, -0.15) is 0 Å². The number of carbonyl (C=O) groups is 1. The molecule has 2 unspecified atom stereocenters. The van der Waals surface area contributed by atoms with Crippen molar-refractivity contribution in [3.05, 3.63) is 23.7 Å². The highest BCUT2D eigenvalue weighted by atomic mass is 16.4. The fourth-order valence-electron chi connectivity index (χ4n) is 1.78. The predicted octanol–water partition coefficient (Wildman–Crippen LogP) is 0.926. The van der Waals surface area contributed by atoms with Crippen LogP contribution in [0.2, 0.25) is 0 Å². The maximum absolute atomic E-state index is 10.7. The minimum Gasteiger partial charge on any atom is -0.481 e. The predicted molar refractivity (Wildman–Crippen MR) is 45.1 cm³/mol. The second-order valence-electron chi connectivity index (χ2n) is 3.38. The minimum atomic E-state index is -0.794. The van der Waals surface area contributed by atoms with E-state index in [2.05, 4.69) is 0 Å². The number of furan rings is 1. The molecule has 3 N–H and O–H groups in total. The van der Waals surface area contributed by atoms with Gasteiger partial charge in [0, 0.05) is 18.0 Å². The number of rotatable bonds is 1. The summed E-state index contributed by atoms with van der Waals surface area (Å²) in [5.41, 5.74) is 6.75. The van der Waals surface area contributed by atoms with Gasteiger partial charge in [0.1, 0.15) is 5.76 Å². The number of aliphatic carboxylic acids is 1. The van der Waals surface area contributed by atoms with Gasteiger partial charge in [-0.1, -0.05) is 0 Å². The van der Waals surface area contributed by atoms with Crippen molar-refractivity contribution in [3.8, 4) is 0 Å². The van der Waals surface area contributed by atoms with E-state index in [4.69, 9.17) is 15.3 Å². The van der Waals surface area contributed by atoms with Crippen LogP contribution in [0, 0.1) is 5.92 Å². The number of hydrogen-bond acceptors (Lipinski definition) is 3. The Hall–Kier alpha value is -1.29. The molecule has 0 radical (unpaired) electrons. The number of nitrogens with two attached hydrogens (primary N) is 1. The van der Waals surface area contributed by atoms with Crippen molar-refractivity contribution in [1.82, 2.24) is 0 Å². The van der Waals surface area contributed by atoms with Crippen LogP contribution in [-0.2, 0) is 11.2 Å². The molecule has 1 aromatic heterocycles. The highest BCUT2D eigenvalue weighted by Gasteiger charge is 2.30. The lowest BCUT2D eigenvalue weighted by Gasteiger charge is -2.22. The third-order valence-corrected chi connectivity index (χ3v) is 2.50. The molecule has 70 valence electrons. The molecule has 2 rings (SSSR count). The first-order valence-corrected chi connectivity index (χ1v) is 4.23. The van der Waals surface area contributed by atoms with Crippen molar-refractivity contribution in [2.75, 3.05) is 0 Å². The Morgan fingerprint density at radius 1 is 1.69 bits per heavy atom. The van der Waals surface area contributed by atoms with E-state index in [1.165, 1.54) is 0 Å². The van der Waals surface area contributed by atoms with E-state index in [9.17, 15) is 4.79 Å². The molecule has 0 fully saturated rings. The quantitative estimate of drug-likeness (QED) is 0.675. The second kappa shape index (κ2) is 2.88. The second-order valence-corrected chi connectivity index (χ2v) is 3.38. The van der Waals surface area contributed by atoms with E-state index in [1.54, 1.807) is 6.26 Å². The van der Waals surface area contributed by atoms with Gasteiger partial charge in [-0.05, 0) is 12.5 Å². The van der Waals surface area contributed by atoms with Crippen molar-refractivity contribution in [3.63, 3.8) is 0 Å². The molecular formula is C9H11NO3. The van der Waals surface area contributed by atoms with Gasteiger partial charge >= 0.3 is 5.97 Å². The fraction of sp³-hybridized carbons (Fsp3) is 0.444. The van der Waals surface area contributed by atoms with Gasteiger partial charge in [0.2, 0.25) is 0 Å². The Balaban J connectivity index is 2.28. The fourth-order valence-corrected chi connectivity index (χ4v) is 1.78. The normalized spacial score (nSPS) is 26.8. The Morgan fingerprint density at radius 3 is 3.15 bits per heavy atom. The lowest BCUT2D eigenvalue weighted by molar-refractivity contribution is -0.142. The first-order valence-electron chi connectivity index (χ1n) is 4.23. The summed E-state index contributed by atoms with van der Waals surface area (Å²) in [6.07, 6.45) is 2.53. The zero-order chi connectivity index (χ0) is 9.42. The van der Waals surface area contributed by atoms with Crippen LogP contribution < -0.4 is 5.73 Å². The van der Waals surface area contributed by atoms with Crippen LogP contribution in [0.3, 0.4) is 0 Å². The average Bonchev–Trinajstić information content (AvgIpc) is 2.51. The first-order chi connectivity index (χ1) is 6.18. The van der Waals surface area contributed by atoms with Crippen LogP contribution in [0.1, 0.15) is 23.8 Å². The van der Waals surface area contributed by atoms with E-state index in [1.807, 2.05) is 6.07 Å². The molecule has 0 aromatic carbocycles. The van der Waals surface area contributed by atoms with Gasteiger partial charge in [0.15, 0.2) is 0 Å². The Labute approximate surface area is 75.3 Å². The summed E-state index contributed by atoms with van der Waals surface area (Å²) < 4.78 is 5.16. The van der Waals surface area contributed by atoms with E-state index in [0.717, 1.165) is 11.3 Å². The number of fused-ring (bicyclic) bond motifs is 1. The number of carboxylic acids is 1. The van der Waals surface area contributed by atoms with Gasteiger partial charge in [0.25, 0.3) is 0 Å². The molecule has 0 saturated heterocycles. The van der Waals surface area contributed by atoms with E-state index >= 15 is 0 Å². The molecule has 1 aromatic rings. The summed E-state index contributed by atoms with van der Waals surface area (Å²) in [5, 5.41) is 8.82. The van der Waals surface area contributed by atoms with Crippen molar-refractivity contribution in [2.45, 2.75) is 18.9 Å². The summed E-state index contributed by atoms with van der Waals surface area (Å²) in [5.74, 6) is -0.461. The molecule has 1 aliphatic carbocycles. The first kappa shape index (κ1) is 8.31. The summed E-state index contributed by atoms with van der Waals surface area (Å²) in [4.78, 5) is 10.7. The maximum atomic E-state index is 10.7. The van der Waals surface area contributed by atoms with E-state index < -0.39 is 11.9 Å². The topological polar surface area (TPSA) is 76.5 Å². The molecular weight excluding hydrogens is 170 g/mol. The molecule has 2 atom stereocenters. The van der Waals surface area contributed by atoms with Gasteiger partial charge in [0.05, 0.1) is 12.2 Å². The van der Waals surface area contributed by atoms with Crippen molar-refractivity contribution in [1.29, 1.82) is 0 Å². The summed E-state index contributed by atoms with van der Waals surface area (Å²) in [6.45, 7) is 0. The highest BCUT2D eigenvalue weighted by molar-refractivity contribution is 5.71. The molecule has 4 heteroatoms. The van der Waals surface area contributed by atoms with Crippen LogP contribution in [0.5, 0.6) is 0 Å². The van der Waals surface area contributed by atoms with E-state index in [-0.39, 0.29) is 6.04 Å². The van der Waals surface area contributed by atoms with Crippen LogP contribution in [0.4, 0.5) is 0 Å². The van der Waals surface area contributed by atoms with Crippen LogP contribution in [0.25, 0.3) is 0 Å². The Bertz CT molecular complexity index is 331. The van der Waals surface area contributed by atoms with Crippen LogP contribution in [0.15, 0.2) is 16.7 Å². The van der Waals surface area contributed by atoms with Crippen LogP contribution in [-0.4, -0.2) is 11.1 Å². The maximum Gasteiger partial charge on any atom is 0.307 e. The standard InChI is InChI=1S/C9H11NO3/c10-7-3-5(9(11)12)4-8-6(7)1-2-13-8/h1-2,5,7H,3-4,10H2,(H,11,12). The smallest absolute Gasteiger partial charge is 0.307 e. The zero-order valence-corrected chi connectivity index (χ0v) is 7.06. The summed E-state index contributed by atoms with van der Waals surface area (Å²) in [6, 6.07) is 1.63. The van der Waals surface area contributed by atoms with Gasteiger partial charge in [-0.15, -0.1) is 0 Å². The lowest BCUT2D eigenvalue weighted by Crippen LogP contribution is -2.27. The van der Waals surface area contributed by atoms with E-state index in [0.29, 0.717) is 12.8 Å². The summed E-state index contributed by atoms with van der Waals surface area (Å²) >= 11 is 0. The Kier molecular flexibility index (Phi) is 1.84. The zero-order valence-electron chi connectivity index (χ0n) is 7.06. The molecule has 4 nitrogen and oxygen atoms in total. The molecule has 0 bridgehead atoms. The van der Waals surface area contributed by atoms with Crippen molar-refractivity contribution < 1.29 is 14.3 Å². The lowest BCUT2D eigenvalue weighted by atomic mass is 9.85. The number of carboxylic acid groups (broad SMARTS) is 1. The largest absolute Gasteiger partial charge is 0.481 e.